The summed E-state index contributed by atoms with van der Waals surface area (Å²) >= 11 is 0. The molecule has 0 aliphatic rings. The summed E-state index contributed by atoms with van der Waals surface area (Å²) in [5.74, 6) is 0.0833. The number of nitrogens with zero attached hydrogens (tertiary/aromatic N) is 3. The monoisotopic (exact) mass is 420 g/mol. The number of nitro benzene ring substituents is 1. The molecule has 0 radical (unpaired) electrons. The van der Waals surface area contributed by atoms with Crippen molar-refractivity contribution >= 4 is 22.5 Å². The third kappa shape index (κ3) is 3.86. The molecule has 0 spiro atoms. The van der Waals surface area contributed by atoms with E-state index in [1.54, 1.807) is 30.3 Å². The Morgan fingerprint density at radius 1 is 1.06 bits per heavy atom. The maximum atomic E-state index is 13.2. The highest BCUT2D eigenvalue weighted by molar-refractivity contribution is 5.81. The fraction of sp³-hybridized carbons (Fsp3) is 0.0952. The van der Waals surface area contributed by atoms with Crippen LogP contribution in [0.5, 0.6) is 0 Å². The van der Waals surface area contributed by atoms with Gasteiger partial charge in [-0.15, -0.1) is 0 Å². The zero-order valence-electron chi connectivity index (χ0n) is 16.1. The summed E-state index contributed by atoms with van der Waals surface area (Å²) < 4.78 is 7.16. The van der Waals surface area contributed by atoms with Crippen LogP contribution >= 0.6 is 0 Å². The van der Waals surface area contributed by atoms with Gasteiger partial charge in [-0.25, -0.2) is 9.36 Å². The Morgan fingerprint density at radius 2 is 1.87 bits per heavy atom. The molecule has 31 heavy (non-hydrogen) atoms. The highest BCUT2D eigenvalue weighted by Crippen LogP contribution is 2.16. The van der Waals surface area contributed by atoms with E-state index in [1.165, 1.54) is 30.5 Å². The Bertz CT molecular complexity index is 1400. The van der Waals surface area contributed by atoms with Gasteiger partial charge in [-0.05, 0) is 30.3 Å². The Labute approximate surface area is 174 Å². The first-order valence-corrected chi connectivity index (χ1v) is 9.24. The van der Waals surface area contributed by atoms with Gasteiger partial charge in [0.05, 0.1) is 34.3 Å². The minimum Gasteiger partial charge on any atom is -0.467 e. The lowest BCUT2D eigenvalue weighted by molar-refractivity contribution is -0.384. The summed E-state index contributed by atoms with van der Waals surface area (Å²) in [5.41, 5.74) is -1.35. The molecule has 4 aromatic rings. The lowest BCUT2D eigenvalue weighted by Gasteiger charge is -2.14. The van der Waals surface area contributed by atoms with Crippen LogP contribution in [0.25, 0.3) is 16.6 Å². The van der Waals surface area contributed by atoms with E-state index in [4.69, 9.17) is 4.42 Å². The number of para-hydroxylation sites is 1. The quantitative estimate of drug-likeness (QED) is 0.375. The van der Waals surface area contributed by atoms with E-state index in [9.17, 15) is 24.5 Å². The maximum absolute atomic E-state index is 13.2. The lowest BCUT2D eigenvalue weighted by atomic mass is 10.2. The van der Waals surface area contributed by atoms with Gasteiger partial charge in [-0.2, -0.15) is 0 Å². The van der Waals surface area contributed by atoms with Crippen LogP contribution in [0.3, 0.4) is 0 Å². The molecule has 1 N–H and O–H groups in total. The molecule has 2 aromatic heterocycles. The minimum atomic E-state index is -0.780. The molecule has 0 bridgehead atoms. The van der Waals surface area contributed by atoms with E-state index < -0.39 is 22.1 Å². The largest absolute Gasteiger partial charge is 0.467 e. The van der Waals surface area contributed by atoms with Crippen LogP contribution in [-0.2, 0) is 17.9 Å². The van der Waals surface area contributed by atoms with Crippen molar-refractivity contribution in [3.8, 4) is 5.69 Å². The van der Waals surface area contributed by atoms with E-state index >= 15 is 0 Å². The SMILES string of the molecule is O=C(Cn1c(=O)n(-c2cccc([N+](=O)[O-])c2)c(=O)c2ccccc21)NCc1ccco1. The molecule has 0 atom stereocenters. The second-order valence-electron chi connectivity index (χ2n) is 6.66. The van der Waals surface area contributed by atoms with Crippen molar-refractivity contribution in [2.75, 3.05) is 0 Å². The molecule has 0 unspecified atom stereocenters. The van der Waals surface area contributed by atoms with Crippen molar-refractivity contribution in [3.63, 3.8) is 0 Å². The van der Waals surface area contributed by atoms with E-state index in [1.807, 2.05) is 0 Å². The number of fused-ring (bicyclic) bond motifs is 1. The Morgan fingerprint density at radius 3 is 2.61 bits per heavy atom. The fourth-order valence-corrected chi connectivity index (χ4v) is 3.25. The van der Waals surface area contributed by atoms with Gasteiger partial charge in [0.1, 0.15) is 12.3 Å². The predicted octanol–water partition coefficient (Wildman–Crippen LogP) is 1.97. The average molecular weight is 420 g/mol. The zero-order valence-corrected chi connectivity index (χ0v) is 16.1. The number of hydrogen-bond donors (Lipinski definition) is 1. The minimum absolute atomic E-state index is 0.0414. The Hall–Kier alpha value is -4.47. The van der Waals surface area contributed by atoms with Crippen LogP contribution in [0.2, 0.25) is 0 Å². The molecule has 1 amide bonds. The predicted molar refractivity (Wildman–Crippen MR) is 111 cm³/mol. The van der Waals surface area contributed by atoms with Crippen molar-refractivity contribution in [2.24, 2.45) is 0 Å². The van der Waals surface area contributed by atoms with E-state index in [0.29, 0.717) is 5.76 Å². The highest BCUT2D eigenvalue weighted by Gasteiger charge is 2.18. The molecule has 10 nitrogen and oxygen atoms in total. The van der Waals surface area contributed by atoms with Crippen LogP contribution in [-0.4, -0.2) is 20.0 Å². The van der Waals surface area contributed by atoms with E-state index in [-0.39, 0.29) is 35.4 Å². The van der Waals surface area contributed by atoms with E-state index in [2.05, 4.69) is 5.32 Å². The number of nitro groups is 1. The molecule has 0 saturated carbocycles. The lowest BCUT2D eigenvalue weighted by Crippen LogP contribution is -2.41. The number of hydrogen-bond acceptors (Lipinski definition) is 6. The molecule has 4 rings (SSSR count). The van der Waals surface area contributed by atoms with Gasteiger partial charge in [0.2, 0.25) is 5.91 Å². The highest BCUT2D eigenvalue weighted by atomic mass is 16.6. The first-order valence-electron chi connectivity index (χ1n) is 9.24. The summed E-state index contributed by atoms with van der Waals surface area (Å²) in [4.78, 5) is 49.2. The Balaban J connectivity index is 1.81. The van der Waals surface area contributed by atoms with Crippen LogP contribution in [0.4, 0.5) is 5.69 Å². The van der Waals surface area contributed by atoms with Gasteiger partial charge in [-0.3, -0.25) is 24.3 Å². The molecule has 0 fully saturated rings. The zero-order chi connectivity index (χ0) is 22.0. The normalized spacial score (nSPS) is 10.8. The fourth-order valence-electron chi connectivity index (χ4n) is 3.25. The first kappa shape index (κ1) is 19.8. The molecular weight excluding hydrogens is 404 g/mol. The van der Waals surface area contributed by atoms with Gasteiger partial charge in [0.15, 0.2) is 0 Å². The van der Waals surface area contributed by atoms with Gasteiger partial charge in [0.25, 0.3) is 11.2 Å². The number of carbonyl (C=O) groups excluding carboxylic acids is 1. The van der Waals surface area contributed by atoms with Gasteiger partial charge < -0.3 is 9.73 Å². The molecule has 2 aromatic carbocycles. The Kier molecular flexibility index (Phi) is 5.19. The third-order valence-corrected chi connectivity index (χ3v) is 4.69. The molecule has 0 aliphatic carbocycles. The van der Waals surface area contributed by atoms with E-state index in [0.717, 1.165) is 15.2 Å². The summed E-state index contributed by atoms with van der Waals surface area (Å²) in [6, 6.07) is 15.0. The molecular formula is C21H16N4O6. The number of nitrogens with one attached hydrogen (secondary N) is 1. The molecule has 2 heterocycles. The number of aromatic nitrogens is 2. The molecule has 0 aliphatic heterocycles. The smallest absolute Gasteiger partial charge is 0.336 e. The summed E-state index contributed by atoms with van der Waals surface area (Å²) in [6.45, 7) is -0.210. The standard InChI is InChI=1S/C21H16N4O6/c26-19(22-12-16-7-4-10-31-16)13-23-18-9-2-1-8-17(18)20(27)24(21(23)28)14-5-3-6-15(11-14)25(29)30/h1-11H,12-13H2,(H,22,26). The molecule has 156 valence electrons. The number of amides is 1. The van der Waals surface area contributed by atoms with Crippen molar-refractivity contribution < 1.29 is 14.1 Å². The first-order chi connectivity index (χ1) is 15.0. The van der Waals surface area contributed by atoms with Gasteiger partial charge in [-0.1, -0.05) is 18.2 Å². The molecule has 10 heteroatoms. The maximum Gasteiger partial charge on any atom is 0.336 e. The number of benzene rings is 2. The van der Waals surface area contributed by atoms with Gasteiger partial charge >= 0.3 is 5.69 Å². The number of furan rings is 1. The van der Waals surface area contributed by atoms with Crippen LogP contribution < -0.4 is 16.6 Å². The van der Waals surface area contributed by atoms with Crippen molar-refractivity contribution in [3.05, 3.63) is 104 Å². The average Bonchev–Trinajstić information content (AvgIpc) is 3.29. The summed E-state index contributed by atoms with van der Waals surface area (Å²) in [6.07, 6.45) is 1.48. The van der Waals surface area contributed by atoms with Crippen LogP contribution in [0.1, 0.15) is 5.76 Å². The van der Waals surface area contributed by atoms with Crippen LogP contribution in [0.15, 0.2) is 80.9 Å². The number of non-ortho nitro benzene ring substituents is 1. The topological polar surface area (TPSA) is 129 Å². The van der Waals surface area contributed by atoms with Crippen molar-refractivity contribution in [1.29, 1.82) is 0 Å². The summed E-state index contributed by atoms with van der Waals surface area (Å²) in [7, 11) is 0. The van der Waals surface area contributed by atoms with Crippen molar-refractivity contribution in [1.82, 2.24) is 14.5 Å². The second kappa shape index (κ2) is 8.11. The number of carbonyl (C=O) groups is 1. The van der Waals surface area contributed by atoms with Crippen LogP contribution in [0, 0.1) is 10.1 Å². The molecule has 0 saturated heterocycles. The third-order valence-electron chi connectivity index (χ3n) is 4.69. The van der Waals surface area contributed by atoms with Gasteiger partial charge in [0, 0.05) is 12.1 Å². The second-order valence-corrected chi connectivity index (χ2v) is 6.66. The van der Waals surface area contributed by atoms with Crippen molar-refractivity contribution in [2.45, 2.75) is 13.1 Å². The number of rotatable bonds is 6. The summed E-state index contributed by atoms with van der Waals surface area (Å²) in [5, 5.41) is 14.0.